The number of rotatable bonds is 4. The number of hydrogen-bond donors (Lipinski definition) is 1. The van der Waals surface area contributed by atoms with Crippen LogP contribution in [0.5, 0.6) is 0 Å². The van der Waals surface area contributed by atoms with Gasteiger partial charge in [0.25, 0.3) is 0 Å². The van der Waals surface area contributed by atoms with E-state index in [0.717, 1.165) is 85.7 Å². The molecule has 0 amide bonds. The standard InChI is InChI=1S/C29H29N7O/c30-14-23-16-33-36-17-22(20-1-4-24(5-2-20)34-11-9-31-10-12-34)13-27(29(23)36)21-3-8-28(32-15-21)35-18-25-6-7-26(19-35)37-25/h1-5,8,13,15-17,25-26,31H,6-7,9-12,18-19H2. The van der Waals surface area contributed by atoms with E-state index in [9.17, 15) is 5.26 Å². The molecule has 186 valence electrons. The SMILES string of the molecule is N#Cc1cnn2cc(-c3ccc(N4CCNCC4)cc3)cc(-c3ccc(N4CC5CCC(C4)O5)nc3)c12. The normalized spacial score (nSPS) is 21.4. The lowest BCUT2D eigenvalue weighted by molar-refractivity contribution is 0.0302. The third kappa shape index (κ3) is 4.10. The lowest BCUT2D eigenvalue weighted by Crippen LogP contribution is -2.43. The monoisotopic (exact) mass is 491 g/mol. The van der Waals surface area contributed by atoms with Crippen LogP contribution in [-0.4, -0.2) is 66.1 Å². The van der Waals surface area contributed by atoms with Crippen molar-refractivity contribution in [3.63, 3.8) is 0 Å². The second-order valence-corrected chi connectivity index (χ2v) is 10.2. The van der Waals surface area contributed by atoms with Crippen molar-refractivity contribution >= 4 is 17.0 Å². The summed E-state index contributed by atoms with van der Waals surface area (Å²) in [4.78, 5) is 9.58. The smallest absolute Gasteiger partial charge is 0.128 e. The molecule has 2 unspecified atom stereocenters. The summed E-state index contributed by atoms with van der Waals surface area (Å²) < 4.78 is 7.81. The first-order valence-corrected chi connectivity index (χ1v) is 13.1. The average molecular weight is 492 g/mol. The van der Waals surface area contributed by atoms with E-state index in [4.69, 9.17) is 9.72 Å². The van der Waals surface area contributed by atoms with Crippen molar-refractivity contribution in [1.82, 2.24) is 19.9 Å². The highest BCUT2D eigenvalue weighted by Crippen LogP contribution is 2.34. The third-order valence-corrected chi connectivity index (χ3v) is 7.84. The molecule has 0 radical (unpaired) electrons. The van der Waals surface area contributed by atoms with Gasteiger partial charge in [-0.2, -0.15) is 10.4 Å². The zero-order valence-electron chi connectivity index (χ0n) is 20.7. The molecule has 0 aliphatic carbocycles. The van der Waals surface area contributed by atoms with E-state index < -0.39 is 0 Å². The summed E-state index contributed by atoms with van der Waals surface area (Å²) in [5.41, 5.74) is 6.71. The Balaban J connectivity index is 1.24. The number of morpholine rings is 1. The molecule has 6 heterocycles. The number of nitriles is 1. The maximum absolute atomic E-state index is 9.76. The quantitative estimate of drug-likeness (QED) is 0.466. The summed E-state index contributed by atoms with van der Waals surface area (Å²) in [6, 6.07) is 17.4. The number of anilines is 2. The first-order valence-electron chi connectivity index (χ1n) is 13.1. The Labute approximate surface area is 216 Å². The molecule has 37 heavy (non-hydrogen) atoms. The molecule has 3 aromatic heterocycles. The zero-order valence-corrected chi connectivity index (χ0v) is 20.7. The number of hydrogen-bond acceptors (Lipinski definition) is 7. The second kappa shape index (κ2) is 9.18. The summed E-state index contributed by atoms with van der Waals surface area (Å²) >= 11 is 0. The van der Waals surface area contributed by atoms with E-state index >= 15 is 0 Å². The molecule has 1 aromatic carbocycles. The topological polar surface area (TPSA) is 81.7 Å². The molecule has 3 aliphatic rings. The maximum Gasteiger partial charge on any atom is 0.128 e. The van der Waals surface area contributed by atoms with Gasteiger partial charge in [-0.1, -0.05) is 12.1 Å². The van der Waals surface area contributed by atoms with E-state index in [2.05, 4.69) is 68.7 Å². The highest BCUT2D eigenvalue weighted by atomic mass is 16.5. The van der Waals surface area contributed by atoms with E-state index in [1.165, 1.54) is 5.69 Å². The Morgan fingerprint density at radius 1 is 0.892 bits per heavy atom. The van der Waals surface area contributed by atoms with E-state index in [-0.39, 0.29) is 0 Å². The predicted octanol–water partition coefficient (Wildman–Crippen LogP) is 3.71. The van der Waals surface area contributed by atoms with Crippen molar-refractivity contribution in [3.8, 4) is 28.3 Å². The van der Waals surface area contributed by atoms with Crippen LogP contribution in [0.2, 0.25) is 0 Å². The molecule has 0 spiro atoms. The lowest BCUT2D eigenvalue weighted by Gasteiger charge is -2.33. The van der Waals surface area contributed by atoms with Crippen molar-refractivity contribution in [2.75, 3.05) is 49.1 Å². The fourth-order valence-corrected chi connectivity index (χ4v) is 5.90. The van der Waals surface area contributed by atoms with Crippen molar-refractivity contribution in [3.05, 3.63) is 66.6 Å². The van der Waals surface area contributed by atoms with Crippen molar-refractivity contribution in [1.29, 1.82) is 5.26 Å². The molecule has 8 heteroatoms. The summed E-state index contributed by atoms with van der Waals surface area (Å²) in [7, 11) is 0. The van der Waals surface area contributed by atoms with Crippen LogP contribution in [0.15, 0.2) is 61.1 Å². The molecule has 1 N–H and O–H groups in total. The van der Waals surface area contributed by atoms with Gasteiger partial charge in [-0.15, -0.1) is 0 Å². The Hall–Kier alpha value is -3.93. The maximum atomic E-state index is 9.76. The van der Waals surface area contributed by atoms with Gasteiger partial charge in [0.15, 0.2) is 0 Å². The predicted molar refractivity (Wildman–Crippen MR) is 144 cm³/mol. The van der Waals surface area contributed by atoms with Gasteiger partial charge >= 0.3 is 0 Å². The number of nitrogens with one attached hydrogen (secondary N) is 1. The van der Waals surface area contributed by atoms with Crippen LogP contribution in [0, 0.1) is 11.3 Å². The Morgan fingerprint density at radius 3 is 2.35 bits per heavy atom. The molecule has 3 fully saturated rings. The van der Waals surface area contributed by atoms with E-state index in [1.54, 1.807) is 6.20 Å². The van der Waals surface area contributed by atoms with E-state index in [1.807, 2.05) is 16.9 Å². The fourth-order valence-electron chi connectivity index (χ4n) is 5.90. The summed E-state index contributed by atoms with van der Waals surface area (Å²) in [6.45, 7) is 5.87. The summed E-state index contributed by atoms with van der Waals surface area (Å²) in [5, 5.41) is 17.7. The molecular formula is C29H29N7O. The van der Waals surface area contributed by atoms with E-state index in [0.29, 0.717) is 17.8 Å². The first-order chi connectivity index (χ1) is 18.2. The average Bonchev–Trinajstić information content (AvgIpc) is 3.54. The minimum atomic E-state index is 0.319. The lowest BCUT2D eigenvalue weighted by atomic mass is 9.99. The highest BCUT2D eigenvalue weighted by Gasteiger charge is 2.34. The van der Waals surface area contributed by atoms with Crippen LogP contribution in [0.4, 0.5) is 11.5 Å². The van der Waals surface area contributed by atoms with Crippen LogP contribution >= 0.6 is 0 Å². The summed E-state index contributed by atoms with van der Waals surface area (Å²) in [6.07, 6.45) is 8.48. The van der Waals surface area contributed by atoms with Crippen LogP contribution in [0.3, 0.4) is 0 Å². The van der Waals surface area contributed by atoms with Gasteiger partial charge in [-0.25, -0.2) is 9.50 Å². The van der Waals surface area contributed by atoms with Gasteiger partial charge in [0.2, 0.25) is 0 Å². The largest absolute Gasteiger partial charge is 0.371 e. The highest BCUT2D eigenvalue weighted by molar-refractivity contribution is 5.87. The summed E-state index contributed by atoms with van der Waals surface area (Å²) in [5.74, 6) is 0.980. The molecule has 3 aliphatic heterocycles. The van der Waals surface area contributed by atoms with Crippen LogP contribution in [0.1, 0.15) is 18.4 Å². The first kappa shape index (κ1) is 22.3. The van der Waals surface area contributed by atoms with Crippen molar-refractivity contribution < 1.29 is 4.74 Å². The van der Waals surface area contributed by atoms with Crippen LogP contribution in [-0.2, 0) is 4.74 Å². The number of piperazine rings is 1. The van der Waals surface area contributed by atoms with Gasteiger partial charge < -0.3 is 19.9 Å². The van der Waals surface area contributed by atoms with Gasteiger partial charge in [0, 0.05) is 74.0 Å². The number of benzene rings is 1. The van der Waals surface area contributed by atoms with Crippen molar-refractivity contribution in [2.45, 2.75) is 25.0 Å². The van der Waals surface area contributed by atoms with Gasteiger partial charge in [-0.3, -0.25) is 0 Å². The second-order valence-electron chi connectivity index (χ2n) is 10.2. The molecule has 7 rings (SSSR count). The molecule has 2 atom stereocenters. The number of fused-ring (bicyclic) bond motifs is 3. The Bertz CT molecular complexity index is 1450. The molecule has 0 saturated carbocycles. The molecule has 8 nitrogen and oxygen atoms in total. The molecule has 4 aromatic rings. The zero-order chi connectivity index (χ0) is 24.8. The van der Waals surface area contributed by atoms with Gasteiger partial charge in [0.05, 0.1) is 29.5 Å². The van der Waals surface area contributed by atoms with Crippen LogP contribution < -0.4 is 15.1 Å². The molecule has 2 bridgehead atoms. The van der Waals surface area contributed by atoms with Gasteiger partial charge in [-0.05, 0) is 48.7 Å². The van der Waals surface area contributed by atoms with Crippen LogP contribution in [0.25, 0.3) is 27.8 Å². The Morgan fingerprint density at radius 2 is 1.65 bits per heavy atom. The minimum absolute atomic E-state index is 0.319. The third-order valence-electron chi connectivity index (χ3n) is 7.84. The van der Waals surface area contributed by atoms with Crippen molar-refractivity contribution in [2.24, 2.45) is 0 Å². The number of pyridine rings is 2. The number of aromatic nitrogens is 3. The fraction of sp³-hybridized carbons (Fsp3) is 0.345. The number of nitrogens with zero attached hydrogens (tertiary/aromatic N) is 6. The molecule has 3 saturated heterocycles. The number of ether oxygens (including phenoxy) is 1. The minimum Gasteiger partial charge on any atom is -0.371 e. The van der Waals surface area contributed by atoms with Gasteiger partial charge in [0.1, 0.15) is 11.9 Å². The Kier molecular flexibility index (Phi) is 5.53. The molecular weight excluding hydrogens is 462 g/mol.